The Hall–Kier alpha value is -2.63. The van der Waals surface area contributed by atoms with Crippen LogP contribution in [0.3, 0.4) is 0 Å². The van der Waals surface area contributed by atoms with Crippen LogP contribution in [-0.2, 0) is 4.79 Å². The van der Waals surface area contributed by atoms with Crippen molar-refractivity contribution in [1.29, 1.82) is 0 Å². The molecule has 0 aliphatic carbocycles. The predicted octanol–water partition coefficient (Wildman–Crippen LogP) is 3.34. The standard InChI is InChI=1S/C21H25N3O3/c1-14-22-17(13-27-14)21(26)23-11-7-6-10-18-20(23)12-19(24(18)15(2)25)16-8-4-3-5-9-16/h3-5,8-9,13,18-20H,6-7,10-12H2,1-2H3/t18-,19-,20+/m0/s1. The third kappa shape index (κ3) is 3.24. The van der Waals surface area contributed by atoms with Crippen molar-refractivity contribution in [3.8, 4) is 0 Å². The molecule has 2 aliphatic rings. The molecule has 2 aromatic rings. The van der Waals surface area contributed by atoms with E-state index in [1.807, 2.05) is 28.0 Å². The number of benzene rings is 1. The third-order valence-corrected chi connectivity index (χ3v) is 5.80. The van der Waals surface area contributed by atoms with Crippen molar-refractivity contribution >= 4 is 11.8 Å². The van der Waals surface area contributed by atoms with Crippen molar-refractivity contribution < 1.29 is 14.0 Å². The molecule has 0 unspecified atom stereocenters. The van der Waals surface area contributed by atoms with E-state index in [0.29, 0.717) is 18.1 Å². The van der Waals surface area contributed by atoms with E-state index in [0.717, 1.165) is 31.2 Å². The minimum atomic E-state index is -0.0963. The lowest BCUT2D eigenvalue weighted by molar-refractivity contribution is -0.132. The number of aromatic nitrogens is 1. The topological polar surface area (TPSA) is 66.7 Å². The lowest BCUT2D eigenvalue weighted by Crippen LogP contribution is -2.47. The second-order valence-corrected chi connectivity index (χ2v) is 7.47. The molecule has 2 amide bonds. The van der Waals surface area contributed by atoms with Crippen LogP contribution in [-0.4, -0.2) is 45.2 Å². The largest absolute Gasteiger partial charge is 0.448 e. The number of carbonyl (C=O) groups is 2. The van der Waals surface area contributed by atoms with Gasteiger partial charge in [-0.25, -0.2) is 4.98 Å². The lowest BCUT2D eigenvalue weighted by atomic mass is 10.0. The molecule has 3 heterocycles. The normalized spacial score (nSPS) is 25.2. The van der Waals surface area contributed by atoms with Gasteiger partial charge >= 0.3 is 0 Å². The van der Waals surface area contributed by atoms with E-state index in [9.17, 15) is 9.59 Å². The SMILES string of the molecule is CC(=O)N1[C@H](c2ccccc2)C[C@@H]2[C@@H]1CCCCN2C(=O)c1coc(C)n1. The predicted molar refractivity (Wildman–Crippen MR) is 100 cm³/mol. The van der Waals surface area contributed by atoms with E-state index in [4.69, 9.17) is 4.42 Å². The summed E-state index contributed by atoms with van der Waals surface area (Å²) in [7, 11) is 0. The Morgan fingerprint density at radius 1 is 1.15 bits per heavy atom. The van der Waals surface area contributed by atoms with Gasteiger partial charge in [-0.05, 0) is 31.2 Å². The number of carbonyl (C=O) groups excluding carboxylic acids is 2. The van der Waals surface area contributed by atoms with Gasteiger partial charge in [0.15, 0.2) is 11.6 Å². The van der Waals surface area contributed by atoms with Crippen LogP contribution in [0.15, 0.2) is 41.0 Å². The fraction of sp³-hybridized carbons (Fsp3) is 0.476. The molecule has 6 heteroatoms. The molecule has 4 rings (SSSR count). The fourth-order valence-corrected chi connectivity index (χ4v) is 4.67. The summed E-state index contributed by atoms with van der Waals surface area (Å²) in [5, 5.41) is 0. The summed E-state index contributed by atoms with van der Waals surface area (Å²) in [4.78, 5) is 33.8. The number of amides is 2. The highest BCUT2D eigenvalue weighted by atomic mass is 16.3. The van der Waals surface area contributed by atoms with Gasteiger partial charge in [0.1, 0.15) is 6.26 Å². The van der Waals surface area contributed by atoms with Crippen molar-refractivity contribution in [2.45, 2.75) is 57.7 Å². The summed E-state index contributed by atoms with van der Waals surface area (Å²) in [6.45, 7) is 4.07. The Bertz CT molecular complexity index is 832. The van der Waals surface area contributed by atoms with E-state index >= 15 is 0 Å². The minimum Gasteiger partial charge on any atom is -0.448 e. The zero-order valence-corrected chi connectivity index (χ0v) is 15.8. The molecule has 2 saturated heterocycles. The average Bonchev–Trinajstić information content (AvgIpc) is 3.20. The van der Waals surface area contributed by atoms with Crippen molar-refractivity contribution in [2.75, 3.05) is 6.54 Å². The van der Waals surface area contributed by atoms with Gasteiger partial charge in [0.2, 0.25) is 5.91 Å². The highest BCUT2D eigenvalue weighted by Crippen LogP contribution is 2.42. The molecule has 142 valence electrons. The maximum atomic E-state index is 13.1. The molecule has 3 atom stereocenters. The van der Waals surface area contributed by atoms with Crippen LogP contribution in [0.2, 0.25) is 0 Å². The number of nitrogens with zero attached hydrogens (tertiary/aromatic N) is 3. The molecule has 0 radical (unpaired) electrons. The lowest BCUT2D eigenvalue weighted by Gasteiger charge is -2.33. The Labute approximate surface area is 159 Å². The number of hydrogen-bond acceptors (Lipinski definition) is 4. The molecule has 1 aromatic heterocycles. The monoisotopic (exact) mass is 367 g/mol. The molecule has 1 aromatic carbocycles. The highest BCUT2D eigenvalue weighted by Gasteiger charge is 2.47. The molecule has 0 saturated carbocycles. The van der Waals surface area contributed by atoms with Crippen LogP contribution in [0.5, 0.6) is 0 Å². The van der Waals surface area contributed by atoms with Crippen molar-refractivity contribution in [1.82, 2.24) is 14.8 Å². The van der Waals surface area contributed by atoms with Gasteiger partial charge < -0.3 is 14.2 Å². The quantitative estimate of drug-likeness (QED) is 0.816. The average molecular weight is 367 g/mol. The second kappa shape index (κ2) is 7.18. The molecule has 0 bridgehead atoms. The minimum absolute atomic E-state index is 0.00566. The van der Waals surface area contributed by atoms with Gasteiger partial charge in [0.25, 0.3) is 5.91 Å². The maximum absolute atomic E-state index is 13.1. The van der Waals surface area contributed by atoms with Gasteiger partial charge in [-0.15, -0.1) is 0 Å². The molecular weight excluding hydrogens is 342 g/mol. The summed E-state index contributed by atoms with van der Waals surface area (Å²) in [5.41, 5.74) is 1.48. The van der Waals surface area contributed by atoms with Gasteiger partial charge in [-0.1, -0.05) is 30.3 Å². The van der Waals surface area contributed by atoms with Crippen LogP contribution in [0, 0.1) is 6.92 Å². The molecule has 2 aliphatic heterocycles. The van der Waals surface area contributed by atoms with Crippen LogP contribution >= 0.6 is 0 Å². The smallest absolute Gasteiger partial charge is 0.276 e. The summed E-state index contributed by atoms with van der Waals surface area (Å²) in [6.07, 6.45) is 5.07. The fourth-order valence-electron chi connectivity index (χ4n) is 4.67. The number of likely N-dealkylation sites (tertiary alicyclic amines) is 2. The number of rotatable bonds is 2. The zero-order valence-electron chi connectivity index (χ0n) is 15.8. The Kier molecular flexibility index (Phi) is 4.72. The van der Waals surface area contributed by atoms with E-state index in [-0.39, 0.29) is 29.9 Å². The van der Waals surface area contributed by atoms with E-state index < -0.39 is 0 Å². The Balaban J connectivity index is 1.68. The molecule has 0 spiro atoms. The molecule has 2 fully saturated rings. The molecule has 0 N–H and O–H groups in total. The van der Waals surface area contributed by atoms with Crippen LogP contribution in [0.1, 0.15) is 60.6 Å². The van der Waals surface area contributed by atoms with Gasteiger partial charge in [0.05, 0.1) is 18.1 Å². The molecule has 6 nitrogen and oxygen atoms in total. The number of oxazole rings is 1. The third-order valence-electron chi connectivity index (χ3n) is 5.80. The van der Waals surface area contributed by atoms with Crippen LogP contribution < -0.4 is 0 Å². The number of aryl methyl sites for hydroxylation is 1. The Morgan fingerprint density at radius 2 is 1.93 bits per heavy atom. The maximum Gasteiger partial charge on any atom is 0.276 e. The van der Waals surface area contributed by atoms with Gasteiger partial charge in [-0.3, -0.25) is 9.59 Å². The van der Waals surface area contributed by atoms with Crippen molar-refractivity contribution in [3.05, 3.63) is 53.7 Å². The first-order chi connectivity index (χ1) is 13.1. The summed E-state index contributed by atoms with van der Waals surface area (Å²) in [5.74, 6) is 0.465. The molecule has 27 heavy (non-hydrogen) atoms. The molecular formula is C21H25N3O3. The van der Waals surface area contributed by atoms with Crippen molar-refractivity contribution in [2.24, 2.45) is 0 Å². The summed E-state index contributed by atoms with van der Waals surface area (Å²) < 4.78 is 5.25. The first-order valence-corrected chi connectivity index (χ1v) is 9.63. The summed E-state index contributed by atoms with van der Waals surface area (Å²) >= 11 is 0. The second-order valence-electron chi connectivity index (χ2n) is 7.47. The number of hydrogen-bond donors (Lipinski definition) is 0. The first kappa shape index (κ1) is 17.8. The van der Waals surface area contributed by atoms with Gasteiger partial charge in [-0.2, -0.15) is 0 Å². The van der Waals surface area contributed by atoms with Crippen LogP contribution in [0.4, 0.5) is 0 Å². The Morgan fingerprint density at radius 3 is 2.59 bits per heavy atom. The van der Waals surface area contributed by atoms with E-state index in [2.05, 4.69) is 17.1 Å². The van der Waals surface area contributed by atoms with Crippen molar-refractivity contribution in [3.63, 3.8) is 0 Å². The van der Waals surface area contributed by atoms with E-state index in [1.165, 1.54) is 6.26 Å². The van der Waals surface area contributed by atoms with Crippen LogP contribution in [0.25, 0.3) is 0 Å². The summed E-state index contributed by atoms with van der Waals surface area (Å²) in [6, 6.07) is 10.2. The van der Waals surface area contributed by atoms with E-state index in [1.54, 1.807) is 13.8 Å². The highest BCUT2D eigenvalue weighted by molar-refractivity contribution is 5.92. The van der Waals surface area contributed by atoms with Gasteiger partial charge in [0, 0.05) is 20.4 Å². The number of fused-ring (bicyclic) bond motifs is 1. The zero-order chi connectivity index (χ0) is 19.0. The first-order valence-electron chi connectivity index (χ1n) is 9.63.